The molecule has 3 aromatic carbocycles. The Morgan fingerprint density at radius 2 is 1.58 bits per heavy atom. The molecule has 0 aliphatic rings. The highest BCUT2D eigenvalue weighted by atomic mass is 35.5. The van der Waals surface area contributed by atoms with Gasteiger partial charge in [0.1, 0.15) is 6.54 Å². The van der Waals surface area contributed by atoms with Crippen LogP contribution in [0.2, 0.25) is 10.0 Å². The van der Waals surface area contributed by atoms with E-state index in [-0.39, 0.29) is 13.1 Å². The Morgan fingerprint density at radius 3 is 2.32 bits per heavy atom. The van der Waals surface area contributed by atoms with E-state index < -0.39 is 17.2 Å². The minimum atomic E-state index is -0.570. The highest BCUT2D eigenvalue weighted by molar-refractivity contribution is 6.31. The molecule has 1 heterocycles. The number of para-hydroxylation sites is 1. The number of amides is 1. The first kappa shape index (κ1) is 20.9. The fourth-order valence-corrected chi connectivity index (χ4v) is 3.66. The average molecular weight is 454 g/mol. The zero-order chi connectivity index (χ0) is 22.0. The molecule has 0 spiro atoms. The summed E-state index contributed by atoms with van der Waals surface area (Å²) < 4.78 is 2.42. The zero-order valence-electron chi connectivity index (χ0n) is 16.2. The average Bonchev–Trinajstić information content (AvgIpc) is 2.75. The molecule has 31 heavy (non-hydrogen) atoms. The number of nitrogens with zero attached hydrogens (tertiary/aromatic N) is 2. The third kappa shape index (κ3) is 4.55. The van der Waals surface area contributed by atoms with Crippen molar-refractivity contribution in [3.05, 3.63) is 109 Å². The quantitative estimate of drug-likeness (QED) is 0.492. The molecule has 0 radical (unpaired) electrons. The summed E-state index contributed by atoms with van der Waals surface area (Å²) in [7, 11) is 0. The molecule has 8 heteroatoms. The summed E-state index contributed by atoms with van der Waals surface area (Å²) in [6, 6.07) is 20.3. The lowest BCUT2D eigenvalue weighted by atomic mass is 10.2. The van der Waals surface area contributed by atoms with E-state index in [1.807, 2.05) is 0 Å². The van der Waals surface area contributed by atoms with Crippen LogP contribution in [-0.2, 0) is 17.9 Å². The summed E-state index contributed by atoms with van der Waals surface area (Å²) in [4.78, 5) is 38.9. The van der Waals surface area contributed by atoms with Gasteiger partial charge in [-0.3, -0.25) is 18.7 Å². The Morgan fingerprint density at radius 1 is 0.839 bits per heavy atom. The van der Waals surface area contributed by atoms with Crippen LogP contribution >= 0.6 is 23.2 Å². The molecule has 6 nitrogen and oxygen atoms in total. The van der Waals surface area contributed by atoms with E-state index in [1.165, 1.54) is 4.57 Å². The van der Waals surface area contributed by atoms with Crippen molar-refractivity contribution in [2.45, 2.75) is 13.1 Å². The van der Waals surface area contributed by atoms with Crippen LogP contribution in [0.3, 0.4) is 0 Å². The second-order valence-electron chi connectivity index (χ2n) is 6.96. The van der Waals surface area contributed by atoms with Crippen molar-refractivity contribution in [1.29, 1.82) is 0 Å². The predicted octanol–water partition coefficient (Wildman–Crippen LogP) is 4.16. The minimum absolute atomic E-state index is 0.0651. The van der Waals surface area contributed by atoms with Gasteiger partial charge in [-0.15, -0.1) is 0 Å². The maximum atomic E-state index is 13.2. The molecule has 0 fully saturated rings. The van der Waals surface area contributed by atoms with Gasteiger partial charge in [0.15, 0.2) is 0 Å². The first-order chi connectivity index (χ1) is 14.9. The molecule has 1 N–H and O–H groups in total. The molecule has 0 atom stereocenters. The van der Waals surface area contributed by atoms with Crippen LogP contribution in [0.25, 0.3) is 10.9 Å². The molecule has 1 aromatic heterocycles. The van der Waals surface area contributed by atoms with E-state index in [0.29, 0.717) is 26.6 Å². The standard InChI is InChI=1S/C23H17Cl2N3O3/c24-16-10-8-15(9-11-16)13-28-22(30)19-6-1-2-7-20(19)27(23(28)31)14-21(29)26-18-5-3-4-17(25)12-18/h1-12H,13-14H2,(H,26,29). The fourth-order valence-electron chi connectivity index (χ4n) is 3.35. The molecular weight excluding hydrogens is 437 g/mol. The molecule has 0 bridgehead atoms. The number of halogens is 2. The number of hydrogen-bond donors (Lipinski definition) is 1. The van der Waals surface area contributed by atoms with Crippen molar-refractivity contribution < 1.29 is 4.79 Å². The maximum Gasteiger partial charge on any atom is 0.332 e. The number of benzene rings is 3. The van der Waals surface area contributed by atoms with E-state index >= 15 is 0 Å². The number of aromatic nitrogens is 2. The minimum Gasteiger partial charge on any atom is -0.324 e. The molecule has 156 valence electrons. The number of hydrogen-bond acceptors (Lipinski definition) is 3. The molecule has 0 saturated carbocycles. The van der Waals surface area contributed by atoms with Crippen LogP contribution in [0.4, 0.5) is 5.69 Å². The third-order valence-electron chi connectivity index (χ3n) is 4.80. The van der Waals surface area contributed by atoms with Gasteiger partial charge in [0.25, 0.3) is 5.56 Å². The molecule has 1 amide bonds. The Balaban J connectivity index is 1.75. The molecule has 0 aliphatic carbocycles. The summed E-state index contributed by atoms with van der Waals surface area (Å²) in [5.74, 6) is -0.411. The summed E-state index contributed by atoms with van der Waals surface area (Å²) in [6.07, 6.45) is 0. The molecule has 0 aliphatic heterocycles. The van der Waals surface area contributed by atoms with Gasteiger partial charge in [-0.1, -0.05) is 53.5 Å². The van der Waals surface area contributed by atoms with Gasteiger partial charge < -0.3 is 5.32 Å². The Hall–Kier alpha value is -3.35. The predicted molar refractivity (Wildman–Crippen MR) is 123 cm³/mol. The largest absolute Gasteiger partial charge is 0.332 e. The zero-order valence-corrected chi connectivity index (χ0v) is 17.7. The van der Waals surface area contributed by atoms with Gasteiger partial charge >= 0.3 is 5.69 Å². The highest BCUT2D eigenvalue weighted by Gasteiger charge is 2.16. The monoisotopic (exact) mass is 453 g/mol. The van der Waals surface area contributed by atoms with Gasteiger partial charge in [-0.05, 0) is 48.0 Å². The molecule has 4 aromatic rings. The number of anilines is 1. The van der Waals surface area contributed by atoms with Crippen LogP contribution in [0.1, 0.15) is 5.56 Å². The van der Waals surface area contributed by atoms with Crippen LogP contribution in [-0.4, -0.2) is 15.0 Å². The van der Waals surface area contributed by atoms with Gasteiger partial charge in [-0.25, -0.2) is 4.79 Å². The third-order valence-corrected chi connectivity index (χ3v) is 5.28. The van der Waals surface area contributed by atoms with E-state index in [2.05, 4.69) is 5.32 Å². The Labute approximate surface area is 187 Å². The van der Waals surface area contributed by atoms with Gasteiger partial charge in [-0.2, -0.15) is 0 Å². The molecule has 4 rings (SSSR count). The van der Waals surface area contributed by atoms with Gasteiger partial charge in [0.2, 0.25) is 5.91 Å². The highest BCUT2D eigenvalue weighted by Crippen LogP contribution is 2.15. The van der Waals surface area contributed by atoms with Crippen molar-refractivity contribution in [3.8, 4) is 0 Å². The normalized spacial score (nSPS) is 10.9. The number of rotatable bonds is 5. The fraction of sp³-hybridized carbons (Fsp3) is 0.0870. The lowest BCUT2D eigenvalue weighted by Crippen LogP contribution is -2.42. The van der Waals surface area contributed by atoms with E-state index in [0.717, 1.165) is 10.1 Å². The van der Waals surface area contributed by atoms with E-state index in [9.17, 15) is 14.4 Å². The molecular formula is C23H17Cl2N3O3. The van der Waals surface area contributed by atoms with E-state index in [1.54, 1.807) is 72.8 Å². The van der Waals surface area contributed by atoms with Crippen LogP contribution in [0.5, 0.6) is 0 Å². The number of fused-ring (bicyclic) bond motifs is 1. The van der Waals surface area contributed by atoms with E-state index in [4.69, 9.17) is 23.2 Å². The number of carbonyl (C=O) groups excluding carboxylic acids is 1. The van der Waals surface area contributed by atoms with Gasteiger partial charge in [0, 0.05) is 15.7 Å². The van der Waals surface area contributed by atoms with Crippen LogP contribution in [0.15, 0.2) is 82.4 Å². The summed E-state index contributed by atoms with van der Waals surface area (Å²) >= 11 is 11.9. The SMILES string of the molecule is O=C(Cn1c(=O)n(Cc2ccc(Cl)cc2)c(=O)c2ccccc21)Nc1cccc(Cl)c1. The topological polar surface area (TPSA) is 73.1 Å². The number of carbonyl (C=O) groups is 1. The second-order valence-corrected chi connectivity index (χ2v) is 7.84. The lowest BCUT2D eigenvalue weighted by molar-refractivity contribution is -0.116. The Bertz CT molecular complexity index is 1390. The number of nitrogens with one attached hydrogen (secondary N) is 1. The van der Waals surface area contributed by atoms with Crippen LogP contribution in [0, 0.1) is 0 Å². The summed E-state index contributed by atoms with van der Waals surface area (Å²) in [6.45, 7) is -0.192. The van der Waals surface area contributed by atoms with Crippen molar-refractivity contribution in [2.24, 2.45) is 0 Å². The first-order valence-corrected chi connectivity index (χ1v) is 10.2. The van der Waals surface area contributed by atoms with Crippen molar-refractivity contribution in [3.63, 3.8) is 0 Å². The lowest BCUT2D eigenvalue weighted by Gasteiger charge is -2.14. The van der Waals surface area contributed by atoms with Crippen LogP contribution < -0.4 is 16.6 Å². The second kappa shape index (κ2) is 8.79. The van der Waals surface area contributed by atoms with Crippen molar-refractivity contribution in [2.75, 3.05) is 5.32 Å². The van der Waals surface area contributed by atoms with Crippen molar-refractivity contribution in [1.82, 2.24) is 9.13 Å². The maximum absolute atomic E-state index is 13.2. The van der Waals surface area contributed by atoms with Gasteiger partial charge in [0.05, 0.1) is 17.4 Å². The first-order valence-electron chi connectivity index (χ1n) is 9.44. The Kier molecular flexibility index (Phi) is 5.93. The summed E-state index contributed by atoms with van der Waals surface area (Å²) in [5.41, 5.74) is 0.672. The summed E-state index contributed by atoms with van der Waals surface area (Å²) in [5, 5.41) is 4.12. The molecule has 0 saturated heterocycles. The van der Waals surface area contributed by atoms with Crippen molar-refractivity contribution >= 4 is 45.7 Å². The molecule has 0 unspecified atom stereocenters. The smallest absolute Gasteiger partial charge is 0.324 e.